The van der Waals surface area contributed by atoms with Crippen LogP contribution in [0.25, 0.3) is 0 Å². The average molecular weight is 889 g/mol. The van der Waals surface area contributed by atoms with Gasteiger partial charge in [0.1, 0.15) is 13.2 Å². The first-order valence-electron chi connectivity index (χ1n) is 26.2. The highest BCUT2D eigenvalue weighted by molar-refractivity contribution is 5.71. The lowest BCUT2D eigenvalue weighted by Crippen LogP contribution is -2.30. The number of carbonyl (C=O) groups excluding carboxylic acids is 3. The van der Waals surface area contributed by atoms with Crippen LogP contribution in [0.2, 0.25) is 0 Å². The molecule has 1 unspecified atom stereocenters. The van der Waals surface area contributed by atoms with Crippen molar-refractivity contribution in [2.75, 3.05) is 13.2 Å². The largest absolute Gasteiger partial charge is 0.462 e. The van der Waals surface area contributed by atoms with Gasteiger partial charge >= 0.3 is 17.9 Å². The van der Waals surface area contributed by atoms with E-state index in [0.717, 1.165) is 128 Å². The summed E-state index contributed by atoms with van der Waals surface area (Å²) in [5.74, 6) is -0.925. The van der Waals surface area contributed by atoms with Gasteiger partial charge in [-0.15, -0.1) is 0 Å². The quantitative estimate of drug-likeness (QED) is 0.0262. The molecule has 0 saturated carbocycles. The van der Waals surface area contributed by atoms with Crippen LogP contribution in [-0.2, 0) is 28.6 Å². The fourth-order valence-corrected chi connectivity index (χ4v) is 6.89. The van der Waals surface area contributed by atoms with Gasteiger partial charge < -0.3 is 14.2 Å². The second-order valence-corrected chi connectivity index (χ2v) is 17.1. The molecule has 0 aromatic carbocycles. The zero-order valence-electron chi connectivity index (χ0n) is 41.5. The summed E-state index contributed by atoms with van der Waals surface area (Å²) in [6.45, 7) is 6.38. The Morgan fingerprint density at radius 2 is 0.609 bits per heavy atom. The second-order valence-electron chi connectivity index (χ2n) is 17.1. The van der Waals surface area contributed by atoms with Crippen LogP contribution in [0.1, 0.15) is 233 Å². The van der Waals surface area contributed by atoms with Crippen LogP contribution in [0, 0.1) is 0 Å². The standard InChI is InChI=1S/C58H96O6/c1-4-7-10-13-15-17-19-21-22-23-24-25-26-27-28-29-30-31-32-33-34-35-36-37-39-40-42-45-48-51-57(60)63-54-55(53-62-56(59)50-47-44-12-9-6-3)64-58(61)52-49-46-43-41-38-20-18-16-14-11-8-5-2/h7,10,15-18,21-22,24-25,27-28,30-31,33-34,55H,4-6,8-9,11-14,19-20,23,26,29,32,35-54H2,1-3H3/b10-7-,17-15-,18-16-,22-21-,25-24-,28-27-,31-30-,34-33-. The van der Waals surface area contributed by atoms with E-state index in [0.29, 0.717) is 19.3 Å². The van der Waals surface area contributed by atoms with Crippen molar-refractivity contribution >= 4 is 17.9 Å². The number of hydrogen-bond acceptors (Lipinski definition) is 6. The highest BCUT2D eigenvalue weighted by Crippen LogP contribution is 2.13. The molecule has 0 rings (SSSR count). The van der Waals surface area contributed by atoms with Gasteiger partial charge in [-0.2, -0.15) is 0 Å². The molecule has 0 heterocycles. The molecule has 0 spiro atoms. The van der Waals surface area contributed by atoms with E-state index >= 15 is 0 Å². The lowest BCUT2D eigenvalue weighted by Gasteiger charge is -2.18. The number of rotatable bonds is 46. The molecule has 6 nitrogen and oxygen atoms in total. The molecule has 0 aliphatic rings. The molecule has 0 radical (unpaired) electrons. The van der Waals surface area contributed by atoms with E-state index < -0.39 is 6.10 Å². The molecule has 6 heteroatoms. The van der Waals surface area contributed by atoms with Gasteiger partial charge in [-0.05, 0) is 103 Å². The molecule has 0 fully saturated rings. The molecule has 0 aliphatic heterocycles. The van der Waals surface area contributed by atoms with Crippen LogP contribution >= 0.6 is 0 Å². The minimum atomic E-state index is -0.781. The third-order valence-corrected chi connectivity index (χ3v) is 10.8. The number of hydrogen-bond donors (Lipinski definition) is 0. The van der Waals surface area contributed by atoms with Crippen molar-refractivity contribution in [1.82, 2.24) is 0 Å². The fraction of sp³-hybridized carbons (Fsp3) is 0.672. The number of allylic oxidation sites excluding steroid dienone is 16. The Hall–Kier alpha value is -3.67. The molecule has 0 N–H and O–H groups in total. The van der Waals surface area contributed by atoms with E-state index in [1.54, 1.807) is 0 Å². The van der Waals surface area contributed by atoms with Crippen molar-refractivity contribution in [3.05, 3.63) is 97.2 Å². The SMILES string of the molecule is CC/C=C\C/C=C\C/C=C\C/C=C\C/C=C\C/C=C\C/C=C\CCCCCCCCCC(=O)OCC(COC(=O)CCCCCCC)OC(=O)CCCCCCC/C=C\CCCCC. The van der Waals surface area contributed by atoms with E-state index in [1.165, 1.54) is 64.2 Å². The number of unbranched alkanes of at least 4 members (excludes halogenated alkanes) is 19. The van der Waals surface area contributed by atoms with Gasteiger partial charge in [0.2, 0.25) is 0 Å². The lowest BCUT2D eigenvalue weighted by molar-refractivity contribution is -0.167. The van der Waals surface area contributed by atoms with Gasteiger partial charge in [0.05, 0.1) is 0 Å². The summed E-state index contributed by atoms with van der Waals surface area (Å²) < 4.78 is 16.6. The Balaban J connectivity index is 4.11. The van der Waals surface area contributed by atoms with E-state index in [1.807, 2.05) is 0 Å². The van der Waals surface area contributed by atoms with E-state index in [-0.39, 0.29) is 31.1 Å². The predicted molar refractivity (Wildman–Crippen MR) is 274 cm³/mol. The minimum absolute atomic E-state index is 0.0853. The first kappa shape index (κ1) is 60.3. The summed E-state index contributed by atoms with van der Waals surface area (Å²) in [5, 5.41) is 0. The van der Waals surface area contributed by atoms with Crippen molar-refractivity contribution < 1.29 is 28.6 Å². The maximum absolute atomic E-state index is 12.7. The van der Waals surface area contributed by atoms with E-state index in [9.17, 15) is 14.4 Å². The Morgan fingerprint density at radius 1 is 0.328 bits per heavy atom. The van der Waals surface area contributed by atoms with Gasteiger partial charge in [-0.1, -0.05) is 208 Å². The first-order valence-corrected chi connectivity index (χ1v) is 26.2. The smallest absolute Gasteiger partial charge is 0.306 e. The first-order chi connectivity index (χ1) is 31.5. The number of carbonyl (C=O) groups is 3. The van der Waals surface area contributed by atoms with Crippen LogP contribution in [0.15, 0.2) is 97.2 Å². The van der Waals surface area contributed by atoms with Gasteiger partial charge in [0.15, 0.2) is 6.10 Å². The predicted octanol–water partition coefficient (Wildman–Crippen LogP) is 17.4. The summed E-state index contributed by atoms with van der Waals surface area (Å²) in [6.07, 6.45) is 68.6. The topological polar surface area (TPSA) is 78.9 Å². The number of ether oxygens (including phenoxy) is 3. The summed E-state index contributed by atoms with van der Waals surface area (Å²) in [7, 11) is 0. The van der Waals surface area contributed by atoms with Gasteiger partial charge in [0, 0.05) is 19.3 Å². The molecule has 1 atom stereocenters. The van der Waals surface area contributed by atoms with Crippen LogP contribution in [0.4, 0.5) is 0 Å². The summed E-state index contributed by atoms with van der Waals surface area (Å²) in [5.41, 5.74) is 0. The van der Waals surface area contributed by atoms with E-state index in [2.05, 4.69) is 118 Å². The minimum Gasteiger partial charge on any atom is -0.462 e. The Bertz CT molecular complexity index is 1300. The zero-order valence-corrected chi connectivity index (χ0v) is 41.5. The van der Waals surface area contributed by atoms with Crippen molar-refractivity contribution in [3.63, 3.8) is 0 Å². The Morgan fingerprint density at radius 3 is 1.00 bits per heavy atom. The van der Waals surface area contributed by atoms with Crippen molar-refractivity contribution in [1.29, 1.82) is 0 Å². The van der Waals surface area contributed by atoms with E-state index in [4.69, 9.17) is 14.2 Å². The molecular formula is C58H96O6. The molecule has 64 heavy (non-hydrogen) atoms. The van der Waals surface area contributed by atoms with Gasteiger partial charge in [0.25, 0.3) is 0 Å². The molecule has 0 aromatic rings. The third-order valence-electron chi connectivity index (χ3n) is 10.8. The molecule has 0 bridgehead atoms. The van der Waals surface area contributed by atoms with Crippen LogP contribution in [-0.4, -0.2) is 37.2 Å². The second kappa shape index (κ2) is 52.0. The summed E-state index contributed by atoms with van der Waals surface area (Å²) in [6, 6.07) is 0. The summed E-state index contributed by atoms with van der Waals surface area (Å²) >= 11 is 0. The van der Waals surface area contributed by atoms with Crippen molar-refractivity contribution in [3.8, 4) is 0 Å². The molecule has 0 aliphatic carbocycles. The fourth-order valence-electron chi connectivity index (χ4n) is 6.89. The third kappa shape index (κ3) is 49.3. The molecule has 0 amide bonds. The van der Waals surface area contributed by atoms with Crippen molar-refractivity contribution in [2.45, 2.75) is 239 Å². The average Bonchev–Trinajstić information content (AvgIpc) is 3.29. The Labute approximate surface area is 394 Å². The Kier molecular flexibility index (Phi) is 49.0. The molecule has 0 saturated heterocycles. The van der Waals surface area contributed by atoms with Crippen molar-refractivity contribution in [2.24, 2.45) is 0 Å². The van der Waals surface area contributed by atoms with Crippen LogP contribution in [0.3, 0.4) is 0 Å². The zero-order chi connectivity index (χ0) is 46.5. The maximum atomic E-state index is 12.7. The summed E-state index contributed by atoms with van der Waals surface area (Å²) in [4.78, 5) is 37.6. The molecule has 0 aromatic heterocycles. The van der Waals surface area contributed by atoms with Crippen LogP contribution in [0.5, 0.6) is 0 Å². The molecule has 364 valence electrons. The van der Waals surface area contributed by atoms with Gasteiger partial charge in [-0.3, -0.25) is 14.4 Å². The maximum Gasteiger partial charge on any atom is 0.306 e. The number of esters is 3. The lowest BCUT2D eigenvalue weighted by atomic mass is 10.1. The van der Waals surface area contributed by atoms with Crippen LogP contribution < -0.4 is 0 Å². The highest BCUT2D eigenvalue weighted by Gasteiger charge is 2.19. The molecular weight excluding hydrogens is 793 g/mol. The normalized spacial score (nSPS) is 12.9. The van der Waals surface area contributed by atoms with Gasteiger partial charge in [-0.25, -0.2) is 0 Å². The monoisotopic (exact) mass is 889 g/mol. The highest BCUT2D eigenvalue weighted by atomic mass is 16.6.